The van der Waals surface area contributed by atoms with Crippen LogP contribution in [0.3, 0.4) is 0 Å². The third-order valence-corrected chi connectivity index (χ3v) is 4.39. The first-order valence-electron chi connectivity index (χ1n) is 8.92. The minimum atomic E-state index is 0. The predicted molar refractivity (Wildman–Crippen MR) is 116 cm³/mol. The molecular formula is C20H27IN4O. The molecule has 0 saturated heterocycles. The van der Waals surface area contributed by atoms with Crippen LogP contribution in [0.2, 0.25) is 0 Å². The molecule has 140 valence electrons. The van der Waals surface area contributed by atoms with Crippen molar-refractivity contribution in [2.75, 3.05) is 7.05 Å². The molecule has 0 bridgehead atoms. The minimum absolute atomic E-state index is 0. The van der Waals surface area contributed by atoms with Crippen molar-refractivity contribution in [3.63, 3.8) is 0 Å². The first kappa shape index (κ1) is 20.5. The third kappa shape index (κ3) is 6.48. The fourth-order valence-corrected chi connectivity index (χ4v) is 3.03. The number of benzene rings is 1. The monoisotopic (exact) mass is 466 g/mol. The van der Waals surface area contributed by atoms with Crippen LogP contribution in [0.4, 0.5) is 0 Å². The van der Waals surface area contributed by atoms with E-state index in [0.717, 1.165) is 23.0 Å². The molecule has 5 nitrogen and oxygen atoms in total. The average Bonchev–Trinajstić information content (AvgIpc) is 3.18. The largest absolute Gasteiger partial charge is 0.487 e. The molecule has 1 heterocycles. The molecule has 3 rings (SSSR count). The summed E-state index contributed by atoms with van der Waals surface area (Å²) in [5.74, 6) is 1.72. The highest BCUT2D eigenvalue weighted by Gasteiger charge is 2.15. The van der Waals surface area contributed by atoms with Crippen molar-refractivity contribution in [3.05, 3.63) is 59.9 Å². The molecule has 0 atom stereocenters. The molecule has 26 heavy (non-hydrogen) atoms. The Bertz CT molecular complexity index is 687. The zero-order chi connectivity index (χ0) is 17.3. The van der Waals surface area contributed by atoms with E-state index in [1.807, 2.05) is 37.4 Å². The molecule has 1 aliphatic carbocycles. The first-order chi connectivity index (χ1) is 12.3. The summed E-state index contributed by atoms with van der Waals surface area (Å²) in [6.07, 6.45) is 6.87. The second kappa shape index (κ2) is 11.0. The SMILES string of the molecule is CN=C(NCc1cccc(OCc2ccccn2)c1)NC1CCCC1.I. The van der Waals surface area contributed by atoms with E-state index < -0.39 is 0 Å². The van der Waals surface area contributed by atoms with Crippen LogP contribution in [-0.4, -0.2) is 24.0 Å². The second-order valence-electron chi connectivity index (χ2n) is 6.31. The van der Waals surface area contributed by atoms with Gasteiger partial charge in [-0.25, -0.2) is 0 Å². The van der Waals surface area contributed by atoms with Crippen LogP contribution in [0.1, 0.15) is 36.9 Å². The van der Waals surface area contributed by atoms with Crippen LogP contribution in [0.15, 0.2) is 53.7 Å². The van der Waals surface area contributed by atoms with Crippen molar-refractivity contribution >= 4 is 29.9 Å². The molecule has 0 unspecified atom stereocenters. The Morgan fingerprint density at radius 1 is 1.19 bits per heavy atom. The number of aliphatic imine (C=N–C) groups is 1. The lowest BCUT2D eigenvalue weighted by molar-refractivity contribution is 0.301. The van der Waals surface area contributed by atoms with Gasteiger partial charge in [-0.2, -0.15) is 0 Å². The normalized spacial score (nSPS) is 14.6. The molecule has 1 fully saturated rings. The zero-order valence-corrected chi connectivity index (χ0v) is 17.5. The number of hydrogen-bond acceptors (Lipinski definition) is 3. The van der Waals surface area contributed by atoms with Crippen LogP contribution in [-0.2, 0) is 13.2 Å². The van der Waals surface area contributed by atoms with Crippen molar-refractivity contribution in [1.82, 2.24) is 15.6 Å². The highest BCUT2D eigenvalue weighted by Crippen LogP contribution is 2.17. The molecule has 2 N–H and O–H groups in total. The van der Waals surface area contributed by atoms with E-state index in [2.05, 4.69) is 32.7 Å². The van der Waals surface area contributed by atoms with Crippen molar-refractivity contribution in [1.29, 1.82) is 0 Å². The molecule has 0 aliphatic heterocycles. The molecule has 6 heteroatoms. The third-order valence-electron chi connectivity index (χ3n) is 4.39. The number of guanidine groups is 1. The van der Waals surface area contributed by atoms with Crippen LogP contribution >= 0.6 is 24.0 Å². The topological polar surface area (TPSA) is 58.5 Å². The number of pyridine rings is 1. The number of hydrogen-bond donors (Lipinski definition) is 2. The lowest BCUT2D eigenvalue weighted by atomic mass is 10.2. The van der Waals surface area contributed by atoms with Gasteiger partial charge in [0.15, 0.2) is 5.96 Å². The van der Waals surface area contributed by atoms with Gasteiger partial charge in [-0.1, -0.05) is 31.0 Å². The summed E-state index contributed by atoms with van der Waals surface area (Å²) in [4.78, 5) is 8.59. The maximum Gasteiger partial charge on any atom is 0.191 e. The summed E-state index contributed by atoms with van der Waals surface area (Å²) in [6.45, 7) is 1.19. The van der Waals surface area contributed by atoms with Crippen LogP contribution in [0.5, 0.6) is 5.75 Å². The Balaban J connectivity index is 0.00000243. The van der Waals surface area contributed by atoms with Crippen LogP contribution in [0.25, 0.3) is 0 Å². The molecule has 0 radical (unpaired) electrons. The number of ether oxygens (including phenoxy) is 1. The smallest absolute Gasteiger partial charge is 0.191 e. The maximum absolute atomic E-state index is 5.84. The first-order valence-corrected chi connectivity index (χ1v) is 8.92. The van der Waals surface area contributed by atoms with E-state index in [-0.39, 0.29) is 24.0 Å². The standard InChI is InChI=1S/C20H26N4O.HI/c1-21-20(24-17-8-2-3-9-17)23-14-16-7-6-11-19(13-16)25-15-18-10-4-5-12-22-18;/h4-7,10-13,17H,2-3,8-9,14-15H2,1H3,(H2,21,23,24);1H. The fourth-order valence-electron chi connectivity index (χ4n) is 3.03. The van der Waals surface area contributed by atoms with Crippen molar-refractivity contribution in [3.8, 4) is 5.75 Å². The number of rotatable bonds is 6. The summed E-state index contributed by atoms with van der Waals surface area (Å²) < 4.78 is 5.84. The van der Waals surface area contributed by atoms with Crippen molar-refractivity contribution < 1.29 is 4.74 Å². The fraction of sp³-hybridized carbons (Fsp3) is 0.400. The highest BCUT2D eigenvalue weighted by molar-refractivity contribution is 14.0. The maximum atomic E-state index is 5.84. The molecule has 1 aliphatic rings. The quantitative estimate of drug-likeness (QED) is 0.386. The van der Waals surface area contributed by atoms with Gasteiger partial charge < -0.3 is 15.4 Å². The molecular weight excluding hydrogens is 439 g/mol. The van der Waals surface area contributed by atoms with Gasteiger partial charge in [-0.15, -0.1) is 24.0 Å². The zero-order valence-electron chi connectivity index (χ0n) is 15.1. The second-order valence-corrected chi connectivity index (χ2v) is 6.31. The number of halogens is 1. The van der Waals surface area contributed by atoms with Crippen molar-refractivity contribution in [2.24, 2.45) is 4.99 Å². The number of aromatic nitrogens is 1. The van der Waals surface area contributed by atoms with Crippen molar-refractivity contribution in [2.45, 2.75) is 44.9 Å². The number of nitrogens with zero attached hydrogens (tertiary/aromatic N) is 2. The lowest BCUT2D eigenvalue weighted by Gasteiger charge is -2.17. The van der Waals surface area contributed by atoms with E-state index in [9.17, 15) is 0 Å². The summed E-state index contributed by atoms with van der Waals surface area (Å²) in [5, 5.41) is 6.88. The van der Waals surface area contributed by atoms with Gasteiger partial charge in [0.05, 0.1) is 5.69 Å². The molecule has 2 aromatic rings. The minimum Gasteiger partial charge on any atom is -0.487 e. The lowest BCUT2D eigenvalue weighted by Crippen LogP contribution is -2.41. The molecule has 1 aromatic carbocycles. The van der Waals surface area contributed by atoms with Crippen LogP contribution in [0, 0.1) is 0 Å². The van der Waals surface area contributed by atoms with E-state index in [4.69, 9.17) is 4.74 Å². The Morgan fingerprint density at radius 2 is 2.04 bits per heavy atom. The van der Waals surface area contributed by atoms with E-state index in [0.29, 0.717) is 19.2 Å². The molecule has 0 spiro atoms. The van der Waals surface area contributed by atoms with Gasteiger partial charge in [-0.3, -0.25) is 9.98 Å². The summed E-state index contributed by atoms with van der Waals surface area (Å²) in [5.41, 5.74) is 2.08. The van der Waals surface area contributed by atoms with Crippen LogP contribution < -0.4 is 15.4 Å². The van der Waals surface area contributed by atoms with Gasteiger partial charge in [0.25, 0.3) is 0 Å². The van der Waals surface area contributed by atoms with E-state index in [1.165, 1.54) is 25.7 Å². The molecule has 1 saturated carbocycles. The Hall–Kier alpha value is -1.83. The van der Waals surface area contributed by atoms with Gasteiger partial charge in [0.2, 0.25) is 0 Å². The Kier molecular flexibility index (Phi) is 8.67. The molecule has 0 amide bonds. The van der Waals surface area contributed by atoms with E-state index in [1.54, 1.807) is 6.20 Å². The van der Waals surface area contributed by atoms with Gasteiger partial charge in [0.1, 0.15) is 12.4 Å². The average molecular weight is 466 g/mol. The predicted octanol–water partition coefficient (Wildman–Crippen LogP) is 3.89. The summed E-state index contributed by atoms with van der Waals surface area (Å²) in [6, 6.07) is 14.5. The van der Waals surface area contributed by atoms with E-state index >= 15 is 0 Å². The Morgan fingerprint density at radius 3 is 2.77 bits per heavy atom. The van der Waals surface area contributed by atoms with Gasteiger partial charge >= 0.3 is 0 Å². The summed E-state index contributed by atoms with van der Waals surface area (Å²) >= 11 is 0. The van der Waals surface area contributed by atoms with Gasteiger partial charge in [0, 0.05) is 25.8 Å². The van der Waals surface area contributed by atoms with Gasteiger partial charge in [-0.05, 0) is 42.7 Å². The highest BCUT2D eigenvalue weighted by atomic mass is 127. The number of nitrogens with one attached hydrogen (secondary N) is 2. The molecule has 1 aromatic heterocycles. The Labute approximate surface area is 172 Å². The summed E-state index contributed by atoms with van der Waals surface area (Å²) in [7, 11) is 1.82.